The lowest BCUT2D eigenvalue weighted by molar-refractivity contribution is -0.176. The van der Waals surface area contributed by atoms with E-state index in [1.165, 1.54) is 19.3 Å². The lowest BCUT2D eigenvalue weighted by atomic mass is 9.46. The Morgan fingerprint density at radius 3 is 2.42 bits per heavy atom. The van der Waals surface area contributed by atoms with E-state index in [-0.39, 0.29) is 11.3 Å². The van der Waals surface area contributed by atoms with Gasteiger partial charge in [-0.05, 0) is 74.0 Å². The van der Waals surface area contributed by atoms with Crippen LogP contribution in [0.1, 0.15) is 65.4 Å². The molecule has 0 aliphatic heterocycles. The predicted octanol–water partition coefficient (Wildman–Crippen LogP) is 5.38. The maximum Gasteiger partial charge on any atom is 0.123 e. The van der Waals surface area contributed by atoms with Crippen LogP contribution in [0.25, 0.3) is 0 Å². The first kappa shape index (κ1) is 19.5. The van der Waals surface area contributed by atoms with Gasteiger partial charge in [-0.15, -0.1) is 0 Å². The monoisotopic (exact) mass is 360 g/mol. The quantitative estimate of drug-likeness (QED) is 0.784. The zero-order chi connectivity index (χ0) is 19.2. The number of hydrogen-bond donors (Lipinski definition) is 1. The first-order valence-corrected chi connectivity index (χ1v) is 10.1. The Kier molecular flexibility index (Phi) is 5.07. The van der Waals surface area contributed by atoms with Gasteiger partial charge in [-0.3, -0.25) is 0 Å². The van der Waals surface area contributed by atoms with Crippen molar-refractivity contribution >= 4 is 0 Å². The molecule has 4 atom stereocenters. The first-order valence-electron chi connectivity index (χ1n) is 10.1. The average molecular weight is 361 g/mol. The van der Waals surface area contributed by atoms with E-state index in [2.05, 4.69) is 20.8 Å². The Labute approximate surface area is 159 Å². The Balaban J connectivity index is 1.85. The van der Waals surface area contributed by atoms with Crippen molar-refractivity contribution in [2.75, 3.05) is 13.7 Å². The van der Waals surface area contributed by atoms with Crippen LogP contribution in [-0.4, -0.2) is 24.4 Å². The van der Waals surface area contributed by atoms with Gasteiger partial charge in [-0.2, -0.15) is 0 Å². The molecule has 26 heavy (non-hydrogen) atoms. The molecule has 0 bridgehead atoms. The zero-order valence-electron chi connectivity index (χ0n) is 17.4. The van der Waals surface area contributed by atoms with Crippen LogP contribution in [0.3, 0.4) is 0 Å². The smallest absolute Gasteiger partial charge is 0.123 e. The molecular formula is C23H36O3. The van der Waals surface area contributed by atoms with E-state index in [4.69, 9.17) is 9.47 Å². The molecule has 2 aliphatic rings. The Morgan fingerprint density at radius 1 is 1.04 bits per heavy atom. The van der Waals surface area contributed by atoms with Crippen molar-refractivity contribution in [3.05, 3.63) is 23.8 Å². The van der Waals surface area contributed by atoms with Crippen LogP contribution >= 0.6 is 0 Å². The van der Waals surface area contributed by atoms with Crippen molar-refractivity contribution in [1.82, 2.24) is 0 Å². The van der Waals surface area contributed by atoms with E-state index < -0.39 is 5.60 Å². The Bertz CT molecular complexity index is 649. The van der Waals surface area contributed by atoms with Gasteiger partial charge >= 0.3 is 0 Å². The summed E-state index contributed by atoms with van der Waals surface area (Å²) < 4.78 is 11.6. The highest BCUT2D eigenvalue weighted by molar-refractivity contribution is 5.37. The maximum absolute atomic E-state index is 11.2. The molecule has 0 radical (unpaired) electrons. The van der Waals surface area contributed by atoms with Gasteiger partial charge in [-0.1, -0.05) is 27.2 Å². The molecule has 0 spiro atoms. The summed E-state index contributed by atoms with van der Waals surface area (Å²) in [5.41, 5.74) is 0.913. The summed E-state index contributed by atoms with van der Waals surface area (Å²) in [6.07, 6.45) is 5.69. The van der Waals surface area contributed by atoms with Crippen molar-refractivity contribution in [1.29, 1.82) is 0 Å². The third-order valence-corrected chi connectivity index (χ3v) is 7.44. The van der Waals surface area contributed by atoms with Crippen LogP contribution in [0.15, 0.2) is 18.2 Å². The fraction of sp³-hybridized carbons (Fsp3) is 0.739. The molecule has 1 unspecified atom stereocenters. The van der Waals surface area contributed by atoms with E-state index in [0.29, 0.717) is 17.9 Å². The third kappa shape index (κ3) is 3.47. The van der Waals surface area contributed by atoms with Crippen molar-refractivity contribution in [3.8, 4) is 11.5 Å². The molecule has 3 nitrogen and oxygen atoms in total. The van der Waals surface area contributed by atoms with Gasteiger partial charge in [-0.25, -0.2) is 0 Å². The molecule has 2 saturated carbocycles. The van der Waals surface area contributed by atoms with Gasteiger partial charge in [0.1, 0.15) is 11.5 Å². The minimum atomic E-state index is -0.674. The highest BCUT2D eigenvalue weighted by Crippen LogP contribution is 2.61. The number of aryl methyl sites for hydroxylation is 1. The van der Waals surface area contributed by atoms with Crippen LogP contribution < -0.4 is 9.47 Å². The van der Waals surface area contributed by atoms with Gasteiger partial charge in [0.25, 0.3) is 0 Å². The summed E-state index contributed by atoms with van der Waals surface area (Å²) in [4.78, 5) is 0. The van der Waals surface area contributed by atoms with Crippen LogP contribution in [0.4, 0.5) is 0 Å². The molecule has 0 saturated heterocycles. The Hall–Kier alpha value is -1.22. The highest BCUT2D eigenvalue weighted by atomic mass is 16.5. The number of aliphatic hydroxyl groups is 1. The van der Waals surface area contributed by atoms with Crippen LogP contribution in [0.2, 0.25) is 0 Å². The van der Waals surface area contributed by atoms with E-state index in [9.17, 15) is 5.11 Å². The predicted molar refractivity (Wildman–Crippen MR) is 106 cm³/mol. The molecule has 2 aliphatic carbocycles. The summed E-state index contributed by atoms with van der Waals surface area (Å²) in [7, 11) is 1.68. The van der Waals surface area contributed by atoms with Crippen LogP contribution in [0.5, 0.6) is 11.5 Å². The summed E-state index contributed by atoms with van der Waals surface area (Å²) >= 11 is 0. The first-order chi connectivity index (χ1) is 12.1. The molecule has 2 fully saturated rings. The van der Waals surface area contributed by atoms with Gasteiger partial charge in [0.15, 0.2) is 0 Å². The van der Waals surface area contributed by atoms with E-state index in [1.807, 2.05) is 32.0 Å². The van der Waals surface area contributed by atoms with Gasteiger partial charge in [0.2, 0.25) is 0 Å². The van der Waals surface area contributed by atoms with Crippen molar-refractivity contribution in [2.45, 2.75) is 72.3 Å². The molecule has 0 amide bonds. The number of hydrogen-bond acceptors (Lipinski definition) is 3. The third-order valence-electron chi connectivity index (χ3n) is 7.44. The molecule has 3 rings (SSSR count). The molecular weight excluding hydrogens is 324 g/mol. The fourth-order valence-corrected chi connectivity index (χ4v) is 6.09. The minimum Gasteiger partial charge on any atom is -0.497 e. The largest absolute Gasteiger partial charge is 0.497 e. The number of rotatable bonds is 4. The molecule has 1 N–H and O–H groups in total. The molecule has 146 valence electrons. The van der Waals surface area contributed by atoms with E-state index >= 15 is 0 Å². The average Bonchev–Trinajstić information content (AvgIpc) is 2.52. The standard InChI is InChI=1S/C23H36O3/c1-16-12-17(25-6)14-18(13-16)26-15-20-22(4)10-7-9-21(2,3)19(22)8-11-23(20,5)24/h12-14,19-20,24H,7-11,15H2,1-6H3/t19-,20?,22-,23+/m0/s1. The topological polar surface area (TPSA) is 38.7 Å². The number of ether oxygens (including phenoxy) is 2. The van der Waals surface area contributed by atoms with Crippen LogP contribution in [-0.2, 0) is 0 Å². The van der Waals surface area contributed by atoms with E-state index in [1.54, 1.807) is 7.11 Å². The zero-order valence-corrected chi connectivity index (χ0v) is 17.4. The minimum absolute atomic E-state index is 0.122. The molecule has 3 heteroatoms. The second kappa shape index (κ2) is 6.74. The van der Waals surface area contributed by atoms with E-state index in [0.717, 1.165) is 29.9 Å². The van der Waals surface area contributed by atoms with Crippen molar-refractivity contribution in [2.24, 2.45) is 22.7 Å². The molecule has 1 aromatic rings. The van der Waals surface area contributed by atoms with Gasteiger partial charge in [0.05, 0.1) is 19.3 Å². The lowest BCUT2D eigenvalue weighted by Crippen LogP contribution is -2.59. The molecule has 0 aromatic heterocycles. The molecule has 0 heterocycles. The summed E-state index contributed by atoms with van der Waals surface area (Å²) in [6.45, 7) is 11.9. The number of methoxy groups -OCH3 is 1. The maximum atomic E-state index is 11.2. The number of fused-ring (bicyclic) bond motifs is 1. The normalized spacial score (nSPS) is 36.3. The second-order valence-electron chi connectivity index (χ2n) is 9.85. The SMILES string of the molecule is COc1cc(C)cc(OCC2[C@](C)(O)CC[C@H]3C(C)(C)CCC[C@]23C)c1. The van der Waals surface area contributed by atoms with Crippen molar-refractivity contribution < 1.29 is 14.6 Å². The molecule has 1 aromatic carbocycles. The fourth-order valence-electron chi connectivity index (χ4n) is 6.09. The summed E-state index contributed by atoms with van der Waals surface area (Å²) in [5.74, 6) is 2.43. The second-order valence-corrected chi connectivity index (χ2v) is 9.85. The van der Waals surface area contributed by atoms with Crippen LogP contribution in [0, 0.1) is 29.6 Å². The summed E-state index contributed by atoms with van der Waals surface area (Å²) in [6, 6.07) is 5.99. The van der Waals surface area contributed by atoms with Gasteiger partial charge < -0.3 is 14.6 Å². The Morgan fingerprint density at radius 2 is 1.73 bits per heavy atom. The van der Waals surface area contributed by atoms with Gasteiger partial charge in [0, 0.05) is 12.0 Å². The van der Waals surface area contributed by atoms with Crippen molar-refractivity contribution in [3.63, 3.8) is 0 Å². The lowest BCUT2D eigenvalue weighted by Gasteiger charge is -2.60. The number of benzene rings is 1. The summed E-state index contributed by atoms with van der Waals surface area (Å²) in [5, 5.41) is 11.2. The highest BCUT2D eigenvalue weighted by Gasteiger charge is 2.58.